The van der Waals surface area contributed by atoms with Gasteiger partial charge in [-0.1, -0.05) is 6.07 Å². The van der Waals surface area contributed by atoms with Gasteiger partial charge in [0.15, 0.2) is 0 Å². The Morgan fingerprint density at radius 3 is 2.00 bits per heavy atom. The van der Waals surface area contributed by atoms with E-state index in [9.17, 15) is 0 Å². The zero-order chi connectivity index (χ0) is 11.6. The van der Waals surface area contributed by atoms with E-state index in [0.717, 1.165) is 0 Å². The molecule has 1 heterocycles. The molecule has 0 spiro atoms. The first-order valence-electron chi connectivity index (χ1n) is 4.82. The third kappa shape index (κ3) is 13.2. The number of fused-ring (bicyclic) bond motifs is 1. The van der Waals surface area contributed by atoms with E-state index in [1.807, 2.05) is 18.3 Å². The maximum absolute atomic E-state index is 3.06. The van der Waals surface area contributed by atoms with Crippen LogP contribution in [0.1, 0.15) is 0 Å². The molecule has 0 atom stereocenters. The minimum atomic E-state index is 0. The summed E-state index contributed by atoms with van der Waals surface area (Å²) in [4.78, 5) is 2.74. The Morgan fingerprint density at radius 2 is 1.57 bits per heavy atom. The molecule has 1 nitrogen and oxygen atoms in total. The maximum Gasteiger partial charge on any atom is -0.0809 e. The average Bonchev–Trinajstić information content (AvgIpc) is 3.06. The van der Waals surface area contributed by atoms with E-state index < -0.39 is 0 Å². The Balaban J connectivity index is -0.0000000639. The van der Waals surface area contributed by atoms with Gasteiger partial charge in [0, 0.05) is 0 Å². The summed E-state index contributed by atoms with van der Waals surface area (Å²) in [5.41, 5.74) is 0. The molecule has 3 rings (SSSR count). The molecule has 118 valence electrons. The fourth-order valence-corrected chi connectivity index (χ4v) is 1.31. The van der Waals surface area contributed by atoms with Crippen molar-refractivity contribution in [2.24, 2.45) is 0 Å². The molecular formula is C16H22Cl2NSiZr-5. The fourth-order valence-electron chi connectivity index (χ4n) is 1.31. The van der Waals surface area contributed by atoms with Crippen molar-refractivity contribution in [2.75, 3.05) is 0 Å². The summed E-state index contributed by atoms with van der Waals surface area (Å²) >= 11 is 1.36. The third-order valence-electron chi connectivity index (χ3n) is 1.99. The van der Waals surface area contributed by atoms with Crippen molar-refractivity contribution in [1.82, 2.24) is 4.98 Å². The first kappa shape index (κ1) is 32.7. The van der Waals surface area contributed by atoms with Crippen molar-refractivity contribution in [3.8, 4) is 0 Å². The van der Waals surface area contributed by atoms with E-state index in [2.05, 4.69) is 60.5 Å². The monoisotopic (exact) mass is 416 g/mol. The standard InChI is InChI=1S/C9H7.C4H4N.3CH3.2ClH.Si.Zr/c1-2-5-9-7-3-6-8(9)4-1;1-2-4-5-3-1;;;;;;;/h1-7H;1-3,5H;3*1H3;2*1H;;/q5*-1;;;;. The number of hydrogen-bond acceptors (Lipinski definition) is 0. The van der Waals surface area contributed by atoms with E-state index in [0.29, 0.717) is 0 Å². The van der Waals surface area contributed by atoms with Crippen LogP contribution in [0.15, 0.2) is 60.8 Å². The molecule has 0 aliphatic rings. The van der Waals surface area contributed by atoms with Crippen molar-refractivity contribution in [3.05, 3.63) is 89.3 Å². The van der Waals surface area contributed by atoms with Crippen LogP contribution in [0.4, 0.5) is 0 Å². The van der Waals surface area contributed by atoms with E-state index >= 15 is 0 Å². The first-order chi connectivity index (χ1) is 7.97. The Hall–Kier alpha value is -0.210. The summed E-state index contributed by atoms with van der Waals surface area (Å²) in [5, 5.41) is 2.66. The molecule has 0 saturated heterocycles. The zero-order valence-electron chi connectivity index (χ0n) is 12.6. The number of H-pyrrole nitrogens is 1. The second-order valence-electron chi connectivity index (χ2n) is 2.97. The smallest absolute Gasteiger partial charge is 0.0809 e. The molecule has 0 bridgehead atoms. The maximum atomic E-state index is 3.06. The average molecular weight is 419 g/mol. The summed E-state index contributed by atoms with van der Waals surface area (Å²) in [6, 6.07) is 18.4. The molecule has 0 saturated carbocycles. The summed E-state index contributed by atoms with van der Waals surface area (Å²) < 4.78 is 0. The van der Waals surface area contributed by atoms with Gasteiger partial charge in [0.1, 0.15) is 0 Å². The number of benzene rings is 1. The zero-order valence-corrected chi connectivity index (χ0v) is 17.7. The predicted octanol–water partition coefficient (Wildman–Crippen LogP) is 5.18. The number of rotatable bonds is 0. The Labute approximate surface area is 159 Å². The van der Waals surface area contributed by atoms with Crippen LogP contribution in [-0.2, 0) is 23.3 Å². The van der Waals surface area contributed by atoms with E-state index in [4.69, 9.17) is 0 Å². The van der Waals surface area contributed by atoms with Crippen LogP contribution in [-0.4, -0.2) is 11.9 Å². The van der Waals surface area contributed by atoms with Crippen molar-refractivity contribution >= 4 is 42.5 Å². The van der Waals surface area contributed by atoms with Gasteiger partial charge in [-0.3, -0.25) is 0 Å². The molecule has 2 radical (unpaired) electrons. The van der Waals surface area contributed by atoms with Gasteiger partial charge in [-0.2, -0.15) is 35.8 Å². The Morgan fingerprint density at radius 1 is 0.952 bits per heavy atom. The van der Waals surface area contributed by atoms with Crippen molar-refractivity contribution in [2.45, 2.75) is 0 Å². The molecule has 2 aromatic carbocycles. The molecule has 3 aromatic rings. The van der Waals surface area contributed by atoms with Gasteiger partial charge in [-0.25, -0.2) is 0 Å². The molecule has 1 aromatic heterocycles. The molecule has 0 amide bonds. The Bertz CT molecular complexity index is 450. The van der Waals surface area contributed by atoms with Crippen molar-refractivity contribution in [3.63, 3.8) is 0 Å². The van der Waals surface area contributed by atoms with Gasteiger partial charge in [-0.15, -0.1) is 60.7 Å². The number of nitrogens with one attached hydrogen (secondary N) is 1. The van der Waals surface area contributed by atoms with Gasteiger partial charge in [-0.05, 0) is 0 Å². The second kappa shape index (κ2) is 22.1. The molecule has 0 aliphatic heterocycles. The van der Waals surface area contributed by atoms with Crippen LogP contribution in [0.2, 0.25) is 0 Å². The van der Waals surface area contributed by atoms with Crippen LogP contribution in [0.3, 0.4) is 0 Å². The van der Waals surface area contributed by atoms with Crippen LogP contribution >= 0.6 is 24.8 Å². The summed E-state index contributed by atoms with van der Waals surface area (Å²) in [6.45, 7) is 3.06. The first-order valence-corrected chi connectivity index (χ1v) is 9.00. The van der Waals surface area contributed by atoms with Crippen LogP contribution in [0.25, 0.3) is 10.8 Å². The van der Waals surface area contributed by atoms with Crippen LogP contribution < -0.4 is 0 Å². The SMILES string of the molecule is Cl.Cl.[CH3-].[CH3-].[CH3-].[Si]=[Zr].[c-]1ccc[nH]1.c1ccc2[cH-]ccc2c1. The van der Waals surface area contributed by atoms with Gasteiger partial charge in [0.05, 0.1) is 0 Å². The van der Waals surface area contributed by atoms with E-state index in [1.165, 1.54) is 34.1 Å². The number of hydrogen-bond donors (Lipinski definition) is 1. The van der Waals surface area contributed by atoms with Crippen LogP contribution in [0.5, 0.6) is 0 Å². The third-order valence-corrected chi connectivity index (χ3v) is 1.99. The molecule has 21 heavy (non-hydrogen) atoms. The fraction of sp³-hybridized carbons (Fsp3) is 0. The van der Waals surface area contributed by atoms with Crippen molar-refractivity contribution in [1.29, 1.82) is 0 Å². The topological polar surface area (TPSA) is 15.8 Å². The molecular weight excluding hydrogens is 396 g/mol. The molecule has 0 unspecified atom stereocenters. The number of aromatic nitrogens is 1. The minimum absolute atomic E-state index is 0. The predicted molar refractivity (Wildman–Crippen MR) is 98.7 cm³/mol. The van der Waals surface area contributed by atoms with Gasteiger partial charge >= 0.3 is 30.2 Å². The molecule has 0 fully saturated rings. The quantitative estimate of drug-likeness (QED) is 0.382. The normalized spacial score (nSPS) is 6.43. The molecule has 0 aliphatic carbocycles. The minimum Gasteiger partial charge on any atom is -0.484 e. The summed E-state index contributed by atoms with van der Waals surface area (Å²) in [5.74, 6) is 0. The number of halogens is 2. The summed E-state index contributed by atoms with van der Waals surface area (Å²) in [6.07, 6.45) is 4.56. The van der Waals surface area contributed by atoms with Gasteiger partial charge in [0.25, 0.3) is 0 Å². The Kier molecular flexibility index (Phi) is 34.3. The van der Waals surface area contributed by atoms with E-state index in [1.54, 1.807) is 0 Å². The molecule has 1 N–H and O–H groups in total. The second-order valence-corrected chi connectivity index (χ2v) is 2.97. The van der Waals surface area contributed by atoms with Crippen LogP contribution in [0, 0.1) is 28.5 Å². The van der Waals surface area contributed by atoms with Gasteiger partial charge in [0.2, 0.25) is 0 Å². The largest absolute Gasteiger partial charge is 0.484 e. The molecule has 5 heteroatoms. The van der Waals surface area contributed by atoms with E-state index in [-0.39, 0.29) is 47.1 Å². The number of aromatic amines is 1. The van der Waals surface area contributed by atoms with Crippen molar-refractivity contribution < 1.29 is 23.3 Å². The van der Waals surface area contributed by atoms with Gasteiger partial charge < -0.3 is 27.3 Å². The summed E-state index contributed by atoms with van der Waals surface area (Å²) in [7, 11) is 0.